The zero-order valence-electron chi connectivity index (χ0n) is 24.6. The quantitative estimate of drug-likeness (QED) is 0.204. The fraction of sp³-hybridized carbons (Fsp3) is 0.387. The van der Waals surface area contributed by atoms with Crippen molar-refractivity contribution in [1.82, 2.24) is 20.3 Å². The van der Waals surface area contributed by atoms with Crippen molar-refractivity contribution in [3.8, 4) is 22.9 Å². The molecular formula is C31H36F2N6O3S. The number of ether oxygens (including phenoxy) is 1. The van der Waals surface area contributed by atoms with Crippen LogP contribution in [0.3, 0.4) is 0 Å². The van der Waals surface area contributed by atoms with Crippen LogP contribution in [0.5, 0.6) is 11.6 Å². The minimum atomic E-state index is -3.82. The molecule has 0 bridgehead atoms. The zero-order valence-corrected chi connectivity index (χ0v) is 25.4. The highest BCUT2D eigenvalue weighted by Gasteiger charge is 2.25. The van der Waals surface area contributed by atoms with Crippen LogP contribution in [-0.4, -0.2) is 54.4 Å². The summed E-state index contributed by atoms with van der Waals surface area (Å²) >= 11 is 0. The van der Waals surface area contributed by atoms with Gasteiger partial charge in [-0.15, -0.1) is 0 Å². The number of nitrogens with one attached hydrogen (secondary N) is 3. The minimum absolute atomic E-state index is 0.116. The Labute approximate surface area is 250 Å². The van der Waals surface area contributed by atoms with Gasteiger partial charge in [0.1, 0.15) is 11.9 Å². The number of rotatable bonds is 9. The summed E-state index contributed by atoms with van der Waals surface area (Å²) in [5, 5.41) is 7.11. The highest BCUT2D eigenvalue weighted by molar-refractivity contribution is 7.92. The fourth-order valence-corrected chi connectivity index (χ4v) is 6.40. The van der Waals surface area contributed by atoms with Gasteiger partial charge in [-0.1, -0.05) is 45.0 Å². The molecule has 2 atom stereocenters. The van der Waals surface area contributed by atoms with E-state index in [-0.39, 0.29) is 40.1 Å². The number of benzene rings is 2. The Bertz CT molecular complexity index is 1730. The Balaban J connectivity index is 1.48. The van der Waals surface area contributed by atoms with E-state index in [1.807, 2.05) is 20.8 Å². The van der Waals surface area contributed by atoms with Gasteiger partial charge in [0.2, 0.25) is 21.9 Å². The second-order valence-electron chi connectivity index (χ2n) is 12.0. The first-order valence-electron chi connectivity index (χ1n) is 14.2. The molecule has 0 radical (unpaired) electrons. The lowest BCUT2D eigenvalue weighted by atomic mass is 9.94. The summed E-state index contributed by atoms with van der Waals surface area (Å²) in [7, 11) is -3.82. The van der Waals surface area contributed by atoms with E-state index in [4.69, 9.17) is 4.74 Å². The van der Waals surface area contributed by atoms with E-state index in [1.54, 1.807) is 54.9 Å². The SMILES string of the molecule is Cc1c(F)c(NS(=O)(=O)CCC(C)(C)C)c2ccccc2c1Oc1ncccc1-c1ccnc(N[C@@H]2CNC[C@@H](F)C2)n1. The van der Waals surface area contributed by atoms with E-state index in [0.29, 0.717) is 53.9 Å². The first kappa shape index (κ1) is 30.6. The Hall–Kier alpha value is -3.90. The van der Waals surface area contributed by atoms with Gasteiger partial charge < -0.3 is 15.4 Å². The molecular weight excluding hydrogens is 574 g/mol. The summed E-state index contributed by atoms with van der Waals surface area (Å²) in [5.74, 6) is -0.141. The van der Waals surface area contributed by atoms with E-state index in [2.05, 4.69) is 30.3 Å². The van der Waals surface area contributed by atoms with Gasteiger partial charge in [-0.25, -0.2) is 32.2 Å². The number of hydrogen-bond donors (Lipinski definition) is 3. The highest BCUT2D eigenvalue weighted by Crippen LogP contribution is 2.42. The molecule has 5 rings (SSSR count). The van der Waals surface area contributed by atoms with Crippen LogP contribution in [0.2, 0.25) is 0 Å². The van der Waals surface area contributed by atoms with Crippen LogP contribution in [0.1, 0.15) is 39.2 Å². The standard InChI is InChI=1S/C31H36F2N6O3S/c1-19-26(33)27(39-43(40,41)15-12-31(2,3)4)22-8-5-6-9-23(22)28(19)42-29-24(10-7-13-35-29)25-11-14-36-30(38-25)37-21-16-20(32)17-34-18-21/h5-11,13-14,20-21,34,39H,12,15-18H2,1-4H3,(H,36,37,38)/t20-,21-/m0/s1. The van der Waals surface area contributed by atoms with Crippen molar-refractivity contribution in [2.24, 2.45) is 5.41 Å². The Morgan fingerprint density at radius 1 is 1.05 bits per heavy atom. The molecule has 43 heavy (non-hydrogen) atoms. The Morgan fingerprint density at radius 2 is 1.81 bits per heavy atom. The number of nitrogens with zero attached hydrogens (tertiary/aromatic N) is 3. The molecule has 2 aromatic carbocycles. The number of hydrogen-bond acceptors (Lipinski definition) is 8. The molecule has 3 heterocycles. The van der Waals surface area contributed by atoms with Crippen molar-refractivity contribution >= 4 is 32.4 Å². The molecule has 1 aliphatic heterocycles. The third-order valence-corrected chi connectivity index (χ3v) is 8.50. The van der Waals surface area contributed by atoms with Crippen LogP contribution >= 0.6 is 0 Å². The second kappa shape index (κ2) is 12.4. The van der Waals surface area contributed by atoms with Crippen molar-refractivity contribution in [3.63, 3.8) is 0 Å². The van der Waals surface area contributed by atoms with Crippen LogP contribution < -0.4 is 20.1 Å². The average Bonchev–Trinajstić information content (AvgIpc) is 2.97. The lowest BCUT2D eigenvalue weighted by molar-refractivity contribution is 0.254. The van der Waals surface area contributed by atoms with E-state index >= 15 is 4.39 Å². The smallest absolute Gasteiger partial charge is 0.232 e. The maximum Gasteiger partial charge on any atom is 0.232 e. The fourth-order valence-electron chi connectivity index (χ4n) is 4.91. The summed E-state index contributed by atoms with van der Waals surface area (Å²) in [6.45, 7) is 8.32. The van der Waals surface area contributed by atoms with Gasteiger partial charge in [0.15, 0.2) is 5.82 Å². The number of anilines is 2. The van der Waals surface area contributed by atoms with Gasteiger partial charge in [-0.2, -0.15) is 0 Å². The first-order chi connectivity index (χ1) is 20.4. The normalized spacial score (nSPS) is 17.5. The second-order valence-corrected chi connectivity index (χ2v) is 13.8. The lowest BCUT2D eigenvalue weighted by Crippen LogP contribution is -2.44. The lowest BCUT2D eigenvalue weighted by Gasteiger charge is -2.26. The zero-order chi connectivity index (χ0) is 30.8. The summed E-state index contributed by atoms with van der Waals surface area (Å²) < 4.78 is 64.5. The van der Waals surface area contributed by atoms with Crippen molar-refractivity contribution in [2.75, 3.05) is 28.9 Å². The Morgan fingerprint density at radius 3 is 2.56 bits per heavy atom. The monoisotopic (exact) mass is 610 g/mol. The number of alkyl halides is 1. The topological polar surface area (TPSA) is 118 Å². The molecule has 3 N–H and O–H groups in total. The molecule has 1 saturated heterocycles. The number of fused-ring (bicyclic) bond motifs is 1. The van der Waals surface area contributed by atoms with Crippen molar-refractivity contribution in [2.45, 2.75) is 52.8 Å². The number of halogens is 2. The van der Waals surface area contributed by atoms with Crippen LogP contribution in [0.4, 0.5) is 20.4 Å². The third kappa shape index (κ3) is 7.37. The molecule has 0 spiro atoms. The van der Waals surface area contributed by atoms with Crippen LogP contribution in [-0.2, 0) is 10.0 Å². The van der Waals surface area contributed by atoms with Gasteiger partial charge in [0.25, 0.3) is 0 Å². The van der Waals surface area contributed by atoms with Gasteiger partial charge in [-0.3, -0.25) is 4.72 Å². The largest absolute Gasteiger partial charge is 0.437 e. The Kier molecular flexibility index (Phi) is 8.79. The number of sulfonamides is 1. The van der Waals surface area contributed by atoms with Crippen LogP contribution in [0, 0.1) is 18.2 Å². The predicted molar refractivity (Wildman–Crippen MR) is 165 cm³/mol. The summed E-state index contributed by atoms with van der Waals surface area (Å²) in [4.78, 5) is 13.3. The number of piperidine rings is 1. The van der Waals surface area contributed by atoms with Crippen LogP contribution in [0.15, 0.2) is 54.9 Å². The minimum Gasteiger partial charge on any atom is -0.437 e. The molecule has 2 aromatic heterocycles. The highest BCUT2D eigenvalue weighted by atomic mass is 32.2. The predicted octanol–water partition coefficient (Wildman–Crippen LogP) is 6.22. The van der Waals surface area contributed by atoms with Gasteiger partial charge >= 0.3 is 0 Å². The van der Waals surface area contributed by atoms with Crippen LogP contribution in [0.25, 0.3) is 22.0 Å². The molecule has 1 aliphatic rings. The van der Waals surface area contributed by atoms with E-state index in [0.717, 1.165) is 0 Å². The van der Waals surface area contributed by atoms with Gasteiger partial charge in [-0.05, 0) is 37.0 Å². The van der Waals surface area contributed by atoms with E-state index in [9.17, 15) is 12.8 Å². The van der Waals surface area contributed by atoms with Crippen molar-refractivity contribution < 1.29 is 21.9 Å². The molecule has 9 nitrogen and oxygen atoms in total. The average molecular weight is 611 g/mol. The molecule has 1 fully saturated rings. The summed E-state index contributed by atoms with van der Waals surface area (Å²) in [6, 6.07) is 11.9. The molecule has 4 aromatic rings. The summed E-state index contributed by atoms with van der Waals surface area (Å²) in [6.07, 6.45) is 2.96. The molecule has 12 heteroatoms. The molecule has 0 unspecified atom stereocenters. The van der Waals surface area contributed by atoms with Crippen molar-refractivity contribution in [3.05, 3.63) is 66.2 Å². The number of pyridine rings is 1. The number of aromatic nitrogens is 3. The first-order valence-corrected chi connectivity index (χ1v) is 15.8. The molecule has 228 valence electrons. The molecule has 0 aliphatic carbocycles. The maximum absolute atomic E-state index is 15.9. The van der Waals surface area contributed by atoms with Gasteiger partial charge in [0.05, 0.1) is 22.7 Å². The third-order valence-electron chi connectivity index (χ3n) is 7.24. The van der Waals surface area contributed by atoms with E-state index < -0.39 is 22.0 Å². The molecule has 0 saturated carbocycles. The van der Waals surface area contributed by atoms with E-state index in [1.165, 1.54) is 6.92 Å². The molecule has 0 amide bonds. The van der Waals surface area contributed by atoms with Gasteiger partial charge in [0, 0.05) is 54.3 Å². The maximum atomic E-state index is 15.9. The van der Waals surface area contributed by atoms with Crippen molar-refractivity contribution in [1.29, 1.82) is 0 Å². The summed E-state index contributed by atoms with van der Waals surface area (Å²) in [5.41, 5.74) is 0.851.